The van der Waals surface area contributed by atoms with Crippen molar-refractivity contribution in [1.29, 1.82) is 0 Å². The van der Waals surface area contributed by atoms with Gasteiger partial charge in [-0.3, -0.25) is 14.3 Å². The summed E-state index contributed by atoms with van der Waals surface area (Å²) in [5, 5.41) is 2.85. The highest BCUT2D eigenvalue weighted by Crippen LogP contribution is 2.23. The third-order valence-electron chi connectivity index (χ3n) is 5.12. The van der Waals surface area contributed by atoms with Gasteiger partial charge < -0.3 is 15.0 Å². The number of carbonyl (C=O) groups is 2. The number of carbonyl (C=O) groups excluding carboxylic acids is 2. The first-order chi connectivity index (χ1) is 14.9. The van der Waals surface area contributed by atoms with Crippen molar-refractivity contribution in [3.8, 4) is 5.75 Å². The van der Waals surface area contributed by atoms with Crippen LogP contribution in [0.1, 0.15) is 36.5 Å². The van der Waals surface area contributed by atoms with E-state index in [0.29, 0.717) is 36.5 Å². The van der Waals surface area contributed by atoms with Crippen molar-refractivity contribution in [3.05, 3.63) is 54.1 Å². The molecule has 0 radical (unpaired) electrons. The smallest absolute Gasteiger partial charge is 0.261 e. The van der Waals surface area contributed by atoms with Crippen molar-refractivity contribution in [3.63, 3.8) is 0 Å². The van der Waals surface area contributed by atoms with Gasteiger partial charge in [-0.15, -0.1) is 0 Å². The summed E-state index contributed by atoms with van der Waals surface area (Å²) in [5.74, 6) is 0.195. The van der Waals surface area contributed by atoms with Crippen LogP contribution >= 0.6 is 0 Å². The van der Waals surface area contributed by atoms with E-state index in [9.17, 15) is 18.0 Å². The Balaban J connectivity index is 1.69. The Labute approximate surface area is 182 Å². The van der Waals surface area contributed by atoms with Crippen molar-refractivity contribution < 1.29 is 22.7 Å². The zero-order chi connectivity index (χ0) is 22.4. The zero-order valence-electron chi connectivity index (χ0n) is 17.6. The fourth-order valence-electron chi connectivity index (χ4n) is 3.46. The summed E-state index contributed by atoms with van der Waals surface area (Å²) >= 11 is 0. The third-order valence-corrected chi connectivity index (χ3v) is 6.52. The van der Waals surface area contributed by atoms with E-state index >= 15 is 0 Å². The van der Waals surface area contributed by atoms with Crippen LogP contribution in [0.2, 0.25) is 0 Å². The summed E-state index contributed by atoms with van der Waals surface area (Å²) in [5.41, 5.74) is 0.744. The number of benzene rings is 2. The Kier molecular flexibility index (Phi) is 7.17. The molecule has 2 N–H and O–H groups in total. The van der Waals surface area contributed by atoms with E-state index in [1.54, 1.807) is 29.2 Å². The Hall–Kier alpha value is -3.07. The van der Waals surface area contributed by atoms with Crippen molar-refractivity contribution in [2.45, 2.75) is 37.1 Å². The number of likely N-dealkylation sites (tertiary alicyclic amines) is 1. The van der Waals surface area contributed by atoms with E-state index in [1.807, 2.05) is 6.92 Å². The van der Waals surface area contributed by atoms with Crippen LogP contribution in [0.5, 0.6) is 5.75 Å². The number of methoxy groups -OCH3 is 1. The number of hydrogen-bond donors (Lipinski definition) is 2. The van der Waals surface area contributed by atoms with E-state index in [4.69, 9.17) is 4.74 Å². The van der Waals surface area contributed by atoms with Crippen LogP contribution in [0.4, 0.5) is 5.69 Å². The van der Waals surface area contributed by atoms with E-state index in [-0.39, 0.29) is 16.7 Å². The van der Waals surface area contributed by atoms with Crippen molar-refractivity contribution in [1.82, 2.24) is 10.2 Å². The predicted molar refractivity (Wildman–Crippen MR) is 118 cm³/mol. The Bertz CT molecular complexity index is 1020. The lowest BCUT2D eigenvalue weighted by Crippen LogP contribution is -2.46. The summed E-state index contributed by atoms with van der Waals surface area (Å²) in [4.78, 5) is 26.9. The molecule has 0 saturated carbocycles. The maximum Gasteiger partial charge on any atom is 0.261 e. The van der Waals surface area contributed by atoms with Gasteiger partial charge in [0.2, 0.25) is 5.91 Å². The van der Waals surface area contributed by atoms with Crippen LogP contribution in [0, 0.1) is 0 Å². The molecule has 166 valence electrons. The molecule has 2 aromatic rings. The number of rotatable bonds is 8. The molecule has 9 heteroatoms. The SMILES string of the molecule is CCCNC(=O)C1CCCN1C(=O)c1ccc(NS(=O)(=O)c2ccc(OC)cc2)cc1. The van der Waals surface area contributed by atoms with Gasteiger partial charge in [-0.1, -0.05) is 6.92 Å². The normalized spacial score (nSPS) is 16.1. The molecule has 2 aromatic carbocycles. The lowest BCUT2D eigenvalue weighted by Gasteiger charge is -2.24. The highest BCUT2D eigenvalue weighted by atomic mass is 32.2. The molecule has 1 aliphatic heterocycles. The van der Waals surface area contributed by atoms with E-state index in [2.05, 4.69) is 10.0 Å². The lowest BCUT2D eigenvalue weighted by atomic mass is 10.1. The van der Waals surface area contributed by atoms with Gasteiger partial charge in [-0.25, -0.2) is 8.42 Å². The summed E-state index contributed by atoms with van der Waals surface area (Å²) in [6, 6.07) is 11.8. The third kappa shape index (κ3) is 5.35. The topological polar surface area (TPSA) is 105 Å². The van der Waals surface area contributed by atoms with E-state index < -0.39 is 16.1 Å². The molecule has 0 aromatic heterocycles. The number of sulfonamides is 1. The second-order valence-corrected chi connectivity index (χ2v) is 8.99. The lowest BCUT2D eigenvalue weighted by molar-refractivity contribution is -0.124. The minimum Gasteiger partial charge on any atom is -0.497 e. The average molecular weight is 446 g/mol. The molecule has 1 unspecified atom stereocenters. The maximum absolute atomic E-state index is 12.9. The quantitative estimate of drug-likeness (QED) is 0.650. The van der Waals surface area contributed by atoms with Gasteiger partial charge in [-0.2, -0.15) is 0 Å². The fraction of sp³-hybridized carbons (Fsp3) is 0.364. The summed E-state index contributed by atoms with van der Waals surface area (Å²) < 4.78 is 32.7. The van der Waals surface area contributed by atoms with Crippen LogP contribution in [0.25, 0.3) is 0 Å². The van der Waals surface area contributed by atoms with Crippen molar-refractivity contribution >= 4 is 27.5 Å². The van der Waals surface area contributed by atoms with Crippen LogP contribution in [-0.4, -0.2) is 51.4 Å². The molecule has 0 aliphatic carbocycles. The van der Waals surface area contributed by atoms with Crippen molar-refractivity contribution in [2.24, 2.45) is 0 Å². The highest BCUT2D eigenvalue weighted by Gasteiger charge is 2.34. The number of hydrogen-bond acceptors (Lipinski definition) is 5. The Morgan fingerprint density at radius 3 is 2.39 bits per heavy atom. The summed E-state index contributed by atoms with van der Waals surface area (Å²) in [6.45, 7) is 3.08. The van der Waals surface area contributed by atoms with Gasteiger partial charge in [0.25, 0.3) is 15.9 Å². The Morgan fingerprint density at radius 1 is 1.10 bits per heavy atom. The second kappa shape index (κ2) is 9.82. The van der Waals surface area contributed by atoms with Gasteiger partial charge >= 0.3 is 0 Å². The van der Waals surface area contributed by atoms with E-state index in [0.717, 1.165) is 12.8 Å². The number of amides is 2. The summed E-state index contributed by atoms with van der Waals surface area (Å²) in [6.07, 6.45) is 2.25. The zero-order valence-corrected chi connectivity index (χ0v) is 18.4. The first-order valence-electron chi connectivity index (χ1n) is 10.2. The van der Waals surface area contributed by atoms with Gasteiger partial charge in [0.15, 0.2) is 0 Å². The minimum absolute atomic E-state index is 0.103. The number of anilines is 1. The predicted octanol–water partition coefficient (Wildman–Crippen LogP) is 2.63. The van der Waals surface area contributed by atoms with Crippen LogP contribution < -0.4 is 14.8 Å². The van der Waals surface area contributed by atoms with Crippen LogP contribution in [-0.2, 0) is 14.8 Å². The van der Waals surface area contributed by atoms with Gasteiger partial charge in [0.1, 0.15) is 11.8 Å². The standard InChI is InChI=1S/C22H27N3O5S/c1-3-14-23-21(26)20-5-4-15-25(20)22(27)16-6-8-17(9-7-16)24-31(28,29)19-12-10-18(30-2)11-13-19/h6-13,20,24H,3-5,14-15H2,1-2H3,(H,23,26). The molecule has 1 saturated heterocycles. The molecule has 1 fully saturated rings. The van der Waals surface area contributed by atoms with Gasteiger partial charge in [-0.05, 0) is 67.8 Å². The first kappa shape index (κ1) is 22.6. The molecule has 1 atom stereocenters. The Morgan fingerprint density at radius 2 is 1.77 bits per heavy atom. The number of nitrogens with zero attached hydrogens (tertiary/aromatic N) is 1. The molecule has 8 nitrogen and oxygen atoms in total. The second-order valence-electron chi connectivity index (χ2n) is 7.31. The molecular weight excluding hydrogens is 418 g/mol. The number of nitrogens with one attached hydrogen (secondary N) is 2. The van der Waals surface area contributed by atoms with E-state index in [1.165, 1.54) is 31.4 Å². The summed E-state index contributed by atoms with van der Waals surface area (Å²) in [7, 11) is -2.26. The monoisotopic (exact) mass is 445 g/mol. The molecule has 3 rings (SSSR count). The van der Waals surface area contributed by atoms with Crippen molar-refractivity contribution in [2.75, 3.05) is 24.9 Å². The molecule has 31 heavy (non-hydrogen) atoms. The van der Waals surface area contributed by atoms with Crippen LogP contribution in [0.3, 0.4) is 0 Å². The maximum atomic E-state index is 12.9. The minimum atomic E-state index is -3.77. The molecule has 0 spiro atoms. The largest absolute Gasteiger partial charge is 0.497 e. The first-order valence-corrected chi connectivity index (χ1v) is 11.7. The van der Waals surface area contributed by atoms with Crippen LogP contribution in [0.15, 0.2) is 53.4 Å². The van der Waals surface area contributed by atoms with Gasteiger partial charge in [0.05, 0.1) is 12.0 Å². The average Bonchev–Trinajstić information content (AvgIpc) is 3.27. The molecule has 1 aliphatic rings. The molecule has 2 amide bonds. The number of ether oxygens (including phenoxy) is 1. The van der Waals surface area contributed by atoms with Gasteiger partial charge in [0, 0.05) is 24.3 Å². The fourth-order valence-corrected chi connectivity index (χ4v) is 4.52. The molecular formula is C22H27N3O5S. The highest BCUT2D eigenvalue weighted by molar-refractivity contribution is 7.92. The molecule has 1 heterocycles. The molecule has 0 bridgehead atoms.